The molecule has 4 nitrogen and oxygen atoms in total. The molecular weight excluding hydrogens is 256 g/mol. The predicted molar refractivity (Wildman–Crippen MR) is 74.9 cm³/mol. The van der Waals surface area contributed by atoms with Gasteiger partial charge in [0.15, 0.2) is 11.3 Å². The lowest BCUT2D eigenvalue weighted by Crippen LogP contribution is -2.38. The second-order valence-corrected chi connectivity index (χ2v) is 5.17. The van der Waals surface area contributed by atoms with Crippen molar-refractivity contribution in [2.75, 3.05) is 0 Å². The predicted octanol–water partition coefficient (Wildman–Crippen LogP) is 3.40. The van der Waals surface area contributed by atoms with E-state index >= 15 is 0 Å². The van der Waals surface area contributed by atoms with E-state index in [0.717, 1.165) is 23.0 Å². The molecule has 0 amide bonds. The van der Waals surface area contributed by atoms with Crippen molar-refractivity contribution in [2.45, 2.75) is 25.4 Å². The minimum atomic E-state index is -0.742. The summed E-state index contributed by atoms with van der Waals surface area (Å²) in [4.78, 5) is 10.8. The van der Waals surface area contributed by atoms with E-state index in [0.29, 0.717) is 18.6 Å². The Hall–Kier alpha value is -2.23. The minimum Gasteiger partial charge on any atom is -0.486 e. The SMILES string of the molecule is C=CCc1cc(O[C@H]2C[C@H](C(=O)O)C2)c2occc2c1. The molecule has 4 heteroatoms. The molecule has 0 aliphatic heterocycles. The van der Waals surface area contributed by atoms with Gasteiger partial charge in [-0.2, -0.15) is 0 Å². The fraction of sp³-hybridized carbons (Fsp3) is 0.312. The van der Waals surface area contributed by atoms with Crippen LogP contribution in [0.4, 0.5) is 0 Å². The van der Waals surface area contributed by atoms with Gasteiger partial charge in [0.1, 0.15) is 6.10 Å². The fourth-order valence-corrected chi connectivity index (χ4v) is 2.52. The van der Waals surface area contributed by atoms with Crippen molar-refractivity contribution in [2.24, 2.45) is 5.92 Å². The molecule has 1 N–H and O–H groups in total. The smallest absolute Gasteiger partial charge is 0.306 e. The molecule has 20 heavy (non-hydrogen) atoms. The molecule has 0 saturated heterocycles. The average molecular weight is 272 g/mol. The third-order valence-electron chi connectivity index (χ3n) is 3.69. The van der Waals surface area contributed by atoms with E-state index in [1.807, 2.05) is 24.3 Å². The van der Waals surface area contributed by atoms with Crippen molar-refractivity contribution in [3.8, 4) is 5.75 Å². The van der Waals surface area contributed by atoms with Gasteiger partial charge in [-0.05, 0) is 43.0 Å². The monoisotopic (exact) mass is 272 g/mol. The van der Waals surface area contributed by atoms with Crippen molar-refractivity contribution >= 4 is 16.9 Å². The van der Waals surface area contributed by atoms with Crippen LogP contribution in [0.25, 0.3) is 11.0 Å². The van der Waals surface area contributed by atoms with Crippen LogP contribution < -0.4 is 4.74 Å². The Morgan fingerprint density at radius 3 is 3.00 bits per heavy atom. The summed E-state index contributed by atoms with van der Waals surface area (Å²) in [5.74, 6) is -0.324. The Balaban J connectivity index is 1.81. The van der Waals surface area contributed by atoms with Crippen LogP contribution in [-0.4, -0.2) is 17.2 Å². The number of carboxylic acid groups (broad SMARTS) is 1. The van der Waals surface area contributed by atoms with Crippen LogP contribution >= 0.6 is 0 Å². The molecule has 1 fully saturated rings. The van der Waals surface area contributed by atoms with Crippen molar-refractivity contribution in [1.29, 1.82) is 0 Å². The Morgan fingerprint density at radius 2 is 2.30 bits per heavy atom. The van der Waals surface area contributed by atoms with E-state index in [2.05, 4.69) is 6.58 Å². The summed E-state index contributed by atoms with van der Waals surface area (Å²) >= 11 is 0. The highest BCUT2D eigenvalue weighted by Gasteiger charge is 2.36. The van der Waals surface area contributed by atoms with Crippen molar-refractivity contribution in [3.63, 3.8) is 0 Å². The number of carbonyl (C=O) groups is 1. The van der Waals surface area contributed by atoms with Gasteiger partial charge in [-0.25, -0.2) is 0 Å². The first kappa shape index (κ1) is 12.8. The highest BCUT2D eigenvalue weighted by atomic mass is 16.5. The first-order valence-electron chi connectivity index (χ1n) is 6.68. The molecule has 1 heterocycles. The topological polar surface area (TPSA) is 59.7 Å². The number of hydrogen-bond acceptors (Lipinski definition) is 3. The summed E-state index contributed by atoms with van der Waals surface area (Å²) in [5, 5.41) is 9.88. The average Bonchev–Trinajstić information content (AvgIpc) is 2.81. The molecule has 1 aliphatic carbocycles. The van der Waals surface area contributed by atoms with E-state index < -0.39 is 5.97 Å². The third-order valence-corrected chi connectivity index (χ3v) is 3.69. The summed E-state index contributed by atoms with van der Waals surface area (Å²) < 4.78 is 11.4. The van der Waals surface area contributed by atoms with E-state index in [-0.39, 0.29) is 12.0 Å². The maximum atomic E-state index is 10.8. The Kier molecular flexibility index (Phi) is 3.22. The number of ether oxygens (including phenoxy) is 1. The largest absolute Gasteiger partial charge is 0.486 e. The summed E-state index contributed by atoms with van der Waals surface area (Å²) in [5.41, 5.74) is 1.83. The molecule has 1 aromatic carbocycles. The summed E-state index contributed by atoms with van der Waals surface area (Å²) in [6.45, 7) is 3.74. The van der Waals surface area contributed by atoms with Crippen molar-refractivity contribution in [3.05, 3.63) is 42.7 Å². The Morgan fingerprint density at radius 1 is 1.50 bits per heavy atom. The van der Waals surface area contributed by atoms with Gasteiger partial charge in [0.25, 0.3) is 0 Å². The summed E-state index contributed by atoms with van der Waals surface area (Å²) in [7, 11) is 0. The number of fused-ring (bicyclic) bond motifs is 1. The number of benzene rings is 1. The zero-order chi connectivity index (χ0) is 14.1. The molecule has 1 aliphatic rings. The lowest BCUT2D eigenvalue weighted by Gasteiger charge is -2.32. The van der Waals surface area contributed by atoms with Gasteiger partial charge < -0.3 is 14.3 Å². The lowest BCUT2D eigenvalue weighted by molar-refractivity contribution is -0.147. The van der Waals surface area contributed by atoms with Crippen LogP contribution in [0.5, 0.6) is 5.75 Å². The minimum absolute atomic E-state index is 0.0385. The number of rotatable bonds is 5. The van der Waals surface area contributed by atoms with Gasteiger partial charge >= 0.3 is 5.97 Å². The van der Waals surface area contributed by atoms with Gasteiger partial charge in [-0.3, -0.25) is 4.79 Å². The van der Waals surface area contributed by atoms with Crippen LogP contribution in [0.2, 0.25) is 0 Å². The molecule has 0 atom stereocenters. The number of aliphatic carboxylic acids is 1. The maximum absolute atomic E-state index is 10.8. The molecule has 0 radical (unpaired) electrons. The lowest BCUT2D eigenvalue weighted by atomic mass is 9.82. The Bertz CT molecular complexity index is 650. The summed E-state index contributed by atoms with van der Waals surface area (Å²) in [6.07, 6.45) is 5.32. The van der Waals surface area contributed by atoms with Crippen LogP contribution in [0.1, 0.15) is 18.4 Å². The summed E-state index contributed by atoms with van der Waals surface area (Å²) in [6, 6.07) is 5.89. The first-order valence-corrected chi connectivity index (χ1v) is 6.68. The van der Waals surface area contributed by atoms with Gasteiger partial charge in [0.05, 0.1) is 12.2 Å². The van der Waals surface area contributed by atoms with Crippen LogP contribution in [0, 0.1) is 5.92 Å². The third kappa shape index (κ3) is 2.29. The van der Waals surface area contributed by atoms with Gasteiger partial charge in [0, 0.05) is 5.39 Å². The molecule has 1 saturated carbocycles. The second kappa shape index (κ2) is 5.04. The van der Waals surface area contributed by atoms with E-state index in [9.17, 15) is 4.79 Å². The van der Waals surface area contributed by atoms with Crippen LogP contribution in [0.3, 0.4) is 0 Å². The van der Waals surface area contributed by atoms with Crippen molar-refractivity contribution in [1.82, 2.24) is 0 Å². The Labute approximate surface area is 116 Å². The number of hydrogen-bond donors (Lipinski definition) is 1. The normalized spacial score (nSPS) is 21.4. The molecule has 1 aromatic heterocycles. The van der Waals surface area contributed by atoms with Gasteiger partial charge in [0.2, 0.25) is 0 Å². The molecule has 104 valence electrons. The van der Waals surface area contributed by atoms with Gasteiger partial charge in [-0.1, -0.05) is 6.08 Å². The highest BCUT2D eigenvalue weighted by Crippen LogP contribution is 2.35. The molecular formula is C16H16O4. The molecule has 0 bridgehead atoms. The first-order chi connectivity index (χ1) is 9.67. The molecule has 0 unspecified atom stereocenters. The van der Waals surface area contributed by atoms with Crippen LogP contribution in [-0.2, 0) is 11.2 Å². The van der Waals surface area contributed by atoms with Gasteiger partial charge in [-0.15, -0.1) is 6.58 Å². The second-order valence-electron chi connectivity index (χ2n) is 5.17. The zero-order valence-electron chi connectivity index (χ0n) is 11.0. The van der Waals surface area contributed by atoms with E-state index in [1.165, 1.54) is 0 Å². The maximum Gasteiger partial charge on any atom is 0.306 e. The number of furan rings is 1. The molecule has 3 rings (SSSR count). The molecule has 2 aromatic rings. The van der Waals surface area contributed by atoms with E-state index in [1.54, 1.807) is 6.26 Å². The van der Waals surface area contributed by atoms with E-state index in [4.69, 9.17) is 14.3 Å². The fourth-order valence-electron chi connectivity index (χ4n) is 2.52. The zero-order valence-corrected chi connectivity index (χ0v) is 11.0. The van der Waals surface area contributed by atoms with Crippen molar-refractivity contribution < 1.29 is 19.1 Å². The number of allylic oxidation sites excluding steroid dienone is 1. The number of carboxylic acids is 1. The standard InChI is InChI=1S/C16H16O4/c1-2-3-10-6-11-4-5-19-15(11)14(7-10)20-13-8-12(9-13)16(17)18/h2,4-7,12-13H,1,3,8-9H2,(H,17,18)/t12-,13-. The van der Waals surface area contributed by atoms with Crippen LogP contribution in [0.15, 0.2) is 41.5 Å². The molecule has 0 spiro atoms. The highest BCUT2D eigenvalue weighted by molar-refractivity contribution is 5.84. The quantitative estimate of drug-likeness (QED) is 0.847.